The van der Waals surface area contributed by atoms with Crippen molar-refractivity contribution < 1.29 is 4.79 Å². The van der Waals surface area contributed by atoms with Gasteiger partial charge in [-0.3, -0.25) is 4.79 Å². The van der Waals surface area contributed by atoms with E-state index in [0.29, 0.717) is 15.6 Å². The number of carbonyl (C=O) groups is 1. The van der Waals surface area contributed by atoms with Crippen molar-refractivity contribution in [1.82, 2.24) is 4.90 Å². The van der Waals surface area contributed by atoms with Gasteiger partial charge >= 0.3 is 0 Å². The molecule has 110 valence electrons. The van der Waals surface area contributed by atoms with E-state index in [4.69, 9.17) is 23.2 Å². The second kappa shape index (κ2) is 6.99. The molecule has 0 spiro atoms. The molecular formula is C16H14Cl2INO. The van der Waals surface area contributed by atoms with E-state index >= 15 is 0 Å². The monoisotopic (exact) mass is 433 g/mol. The lowest BCUT2D eigenvalue weighted by Gasteiger charge is -2.26. The summed E-state index contributed by atoms with van der Waals surface area (Å²) in [6.07, 6.45) is 0. The summed E-state index contributed by atoms with van der Waals surface area (Å²) in [5.41, 5.74) is 1.55. The molecule has 2 rings (SSSR count). The molecule has 2 aromatic rings. The maximum absolute atomic E-state index is 12.5. The summed E-state index contributed by atoms with van der Waals surface area (Å²) in [6, 6.07) is 12.7. The highest BCUT2D eigenvalue weighted by molar-refractivity contribution is 14.1. The van der Waals surface area contributed by atoms with Gasteiger partial charge in [0.15, 0.2) is 0 Å². The topological polar surface area (TPSA) is 20.3 Å². The number of benzene rings is 2. The van der Waals surface area contributed by atoms with Crippen LogP contribution in [0.25, 0.3) is 0 Å². The molecule has 0 heterocycles. The number of nitrogens with zero attached hydrogens (tertiary/aromatic N) is 1. The molecule has 0 aliphatic rings. The van der Waals surface area contributed by atoms with E-state index in [0.717, 1.165) is 9.13 Å². The maximum Gasteiger partial charge on any atom is 0.254 e. The van der Waals surface area contributed by atoms with Crippen molar-refractivity contribution in [2.24, 2.45) is 0 Å². The van der Waals surface area contributed by atoms with Crippen LogP contribution in [0.5, 0.6) is 0 Å². The van der Waals surface area contributed by atoms with Gasteiger partial charge in [-0.15, -0.1) is 0 Å². The Kier molecular flexibility index (Phi) is 5.52. The lowest BCUT2D eigenvalue weighted by Crippen LogP contribution is -2.29. The highest BCUT2D eigenvalue weighted by Gasteiger charge is 2.20. The smallest absolute Gasteiger partial charge is 0.254 e. The fourth-order valence-electron chi connectivity index (χ4n) is 2.05. The third-order valence-corrected chi connectivity index (χ3v) is 4.62. The van der Waals surface area contributed by atoms with Crippen LogP contribution in [0.3, 0.4) is 0 Å². The molecule has 0 aromatic heterocycles. The molecule has 1 atom stereocenters. The van der Waals surface area contributed by atoms with Crippen molar-refractivity contribution in [3.05, 3.63) is 67.2 Å². The molecule has 0 saturated carbocycles. The van der Waals surface area contributed by atoms with E-state index in [1.165, 1.54) is 0 Å². The number of rotatable bonds is 3. The lowest BCUT2D eigenvalue weighted by atomic mass is 10.1. The van der Waals surface area contributed by atoms with Gasteiger partial charge in [-0.2, -0.15) is 0 Å². The summed E-state index contributed by atoms with van der Waals surface area (Å²) >= 11 is 14.3. The highest BCUT2D eigenvalue weighted by Crippen LogP contribution is 2.29. The third kappa shape index (κ3) is 3.90. The standard InChI is InChI=1S/C16H14Cl2INO/c1-10(14-7-6-12(17)9-15(14)18)20(2)16(21)11-4-3-5-13(19)8-11/h3-10H,1-2H3. The van der Waals surface area contributed by atoms with Gasteiger partial charge in [0.25, 0.3) is 5.91 Å². The minimum atomic E-state index is -0.139. The zero-order valence-electron chi connectivity index (χ0n) is 11.6. The van der Waals surface area contributed by atoms with Gasteiger partial charge in [0, 0.05) is 26.2 Å². The van der Waals surface area contributed by atoms with Gasteiger partial charge < -0.3 is 4.90 Å². The number of hydrogen-bond donors (Lipinski definition) is 0. The molecule has 2 aromatic carbocycles. The molecule has 0 fully saturated rings. The largest absolute Gasteiger partial charge is 0.335 e. The van der Waals surface area contributed by atoms with Gasteiger partial charge in [-0.25, -0.2) is 0 Å². The highest BCUT2D eigenvalue weighted by atomic mass is 127. The first-order valence-electron chi connectivity index (χ1n) is 6.38. The Balaban J connectivity index is 2.26. The fourth-order valence-corrected chi connectivity index (χ4v) is 3.16. The molecule has 0 aliphatic carbocycles. The molecule has 1 amide bonds. The Hall–Kier alpha value is -0.780. The van der Waals surface area contributed by atoms with Gasteiger partial charge in [0.1, 0.15) is 0 Å². The van der Waals surface area contributed by atoms with Crippen LogP contribution in [0.2, 0.25) is 10.0 Å². The average molecular weight is 434 g/mol. The quantitative estimate of drug-likeness (QED) is 0.591. The lowest BCUT2D eigenvalue weighted by molar-refractivity contribution is 0.0742. The van der Waals surface area contributed by atoms with Crippen LogP contribution >= 0.6 is 45.8 Å². The molecule has 0 N–H and O–H groups in total. The van der Waals surface area contributed by atoms with E-state index in [1.54, 1.807) is 24.1 Å². The first-order valence-corrected chi connectivity index (χ1v) is 8.21. The van der Waals surface area contributed by atoms with Crippen LogP contribution in [-0.4, -0.2) is 17.9 Å². The molecule has 0 aliphatic heterocycles. The van der Waals surface area contributed by atoms with Crippen LogP contribution in [-0.2, 0) is 0 Å². The average Bonchev–Trinajstić information content (AvgIpc) is 2.45. The van der Waals surface area contributed by atoms with Crippen molar-refractivity contribution >= 4 is 51.7 Å². The molecule has 0 radical (unpaired) electrons. The van der Waals surface area contributed by atoms with E-state index in [-0.39, 0.29) is 11.9 Å². The second-order valence-electron chi connectivity index (χ2n) is 4.77. The van der Waals surface area contributed by atoms with Crippen molar-refractivity contribution in [1.29, 1.82) is 0 Å². The normalized spacial score (nSPS) is 12.0. The Labute approximate surface area is 148 Å². The number of halogens is 3. The number of carbonyl (C=O) groups excluding carboxylic acids is 1. The zero-order valence-corrected chi connectivity index (χ0v) is 15.3. The Morgan fingerprint density at radius 2 is 1.90 bits per heavy atom. The summed E-state index contributed by atoms with van der Waals surface area (Å²) in [6.45, 7) is 1.95. The predicted molar refractivity (Wildman–Crippen MR) is 96.1 cm³/mol. The number of amides is 1. The molecule has 21 heavy (non-hydrogen) atoms. The molecular weight excluding hydrogens is 420 g/mol. The minimum Gasteiger partial charge on any atom is -0.335 e. The van der Waals surface area contributed by atoms with E-state index in [1.807, 2.05) is 37.3 Å². The van der Waals surface area contributed by atoms with Crippen LogP contribution in [0.4, 0.5) is 0 Å². The zero-order chi connectivity index (χ0) is 15.6. The van der Waals surface area contributed by atoms with Crippen LogP contribution in [0.15, 0.2) is 42.5 Å². The second-order valence-corrected chi connectivity index (χ2v) is 6.86. The summed E-state index contributed by atoms with van der Waals surface area (Å²) in [4.78, 5) is 14.2. The van der Waals surface area contributed by atoms with Gasteiger partial charge in [-0.1, -0.05) is 35.3 Å². The molecule has 2 nitrogen and oxygen atoms in total. The van der Waals surface area contributed by atoms with E-state index in [2.05, 4.69) is 22.6 Å². The van der Waals surface area contributed by atoms with Gasteiger partial charge in [-0.05, 0) is 65.4 Å². The maximum atomic E-state index is 12.5. The first-order chi connectivity index (χ1) is 9.90. The molecule has 1 unspecified atom stereocenters. The first kappa shape index (κ1) is 16.6. The van der Waals surface area contributed by atoms with Crippen LogP contribution in [0.1, 0.15) is 28.9 Å². The molecule has 0 saturated heterocycles. The van der Waals surface area contributed by atoms with E-state index in [9.17, 15) is 4.79 Å². The Morgan fingerprint density at radius 1 is 1.19 bits per heavy atom. The minimum absolute atomic E-state index is 0.0352. The Bertz CT molecular complexity index is 675. The number of hydrogen-bond acceptors (Lipinski definition) is 1. The molecule has 0 bridgehead atoms. The SMILES string of the molecule is CC(c1ccc(Cl)cc1Cl)N(C)C(=O)c1cccc(I)c1. The summed E-state index contributed by atoms with van der Waals surface area (Å²) in [5, 5.41) is 1.15. The van der Waals surface area contributed by atoms with Gasteiger partial charge in [0.05, 0.1) is 6.04 Å². The Morgan fingerprint density at radius 3 is 2.52 bits per heavy atom. The van der Waals surface area contributed by atoms with Crippen molar-refractivity contribution in [2.45, 2.75) is 13.0 Å². The molecule has 5 heteroatoms. The summed E-state index contributed by atoms with van der Waals surface area (Å²) in [5.74, 6) is -0.0352. The summed E-state index contributed by atoms with van der Waals surface area (Å²) in [7, 11) is 1.78. The predicted octanol–water partition coefficient (Wildman–Crippen LogP) is 5.43. The summed E-state index contributed by atoms with van der Waals surface area (Å²) < 4.78 is 1.03. The fraction of sp³-hybridized carbons (Fsp3) is 0.188. The van der Waals surface area contributed by atoms with Crippen molar-refractivity contribution in [2.75, 3.05) is 7.05 Å². The third-order valence-electron chi connectivity index (χ3n) is 3.39. The van der Waals surface area contributed by atoms with Crippen LogP contribution in [0, 0.1) is 3.57 Å². The van der Waals surface area contributed by atoms with Crippen LogP contribution < -0.4 is 0 Å². The van der Waals surface area contributed by atoms with Crippen molar-refractivity contribution in [3.63, 3.8) is 0 Å². The van der Waals surface area contributed by atoms with E-state index < -0.39 is 0 Å². The van der Waals surface area contributed by atoms with Gasteiger partial charge in [0.2, 0.25) is 0 Å². The van der Waals surface area contributed by atoms with Crippen molar-refractivity contribution in [3.8, 4) is 0 Å².